The molecule has 0 aliphatic heterocycles. The summed E-state index contributed by atoms with van der Waals surface area (Å²) in [6.07, 6.45) is 1.67. The summed E-state index contributed by atoms with van der Waals surface area (Å²) in [6, 6.07) is 11.9. The standard InChI is InChI=1S/C17H21N3O2/c1-13-4-3-5-14(10-13)11-19-15-6-7-16(20-12-15)17(21)18-8-9-22-2/h3-7,10,12,19H,8-9,11H2,1-2H3,(H,18,21). The zero-order valence-corrected chi connectivity index (χ0v) is 12.9. The second-order valence-corrected chi connectivity index (χ2v) is 5.02. The number of rotatable bonds is 7. The van der Waals surface area contributed by atoms with Crippen LogP contribution in [0.4, 0.5) is 5.69 Å². The molecule has 2 aromatic rings. The lowest BCUT2D eigenvalue weighted by atomic mass is 10.1. The molecule has 2 N–H and O–H groups in total. The first-order valence-electron chi connectivity index (χ1n) is 7.21. The maximum absolute atomic E-state index is 11.8. The van der Waals surface area contributed by atoms with Gasteiger partial charge in [-0.15, -0.1) is 0 Å². The summed E-state index contributed by atoms with van der Waals surface area (Å²) in [7, 11) is 1.60. The number of amides is 1. The number of carbonyl (C=O) groups is 1. The number of nitrogens with zero attached hydrogens (tertiary/aromatic N) is 1. The number of anilines is 1. The molecule has 5 nitrogen and oxygen atoms in total. The predicted molar refractivity (Wildman–Crippen MR) is 87.0 cm³/mol. The Morgan fingerprint density at radius 3 is 2.82 bits per heavy atom. The average Bonchev–Trinajstić information content (AvgIpc) is 2.54. The van der Waals surface area contributed by atoms with E-state index in [4.69, 9.17) is 4.74 Å². The van der Waals surface area contributed by atoms with Crippen LogP contribution in [0.15, 0.2) is 42.6 Å². The zero-order chi connectivity index (χ0) is 15.8. The normalized spacial score (nSPS) is 10.3. The van der Waals surface area contributed by atoms with Crippen LogP contribution >= 0.6 is 0 Å². The van der Waals surface area contributed by atoms with Crippen LogP contribution in [0.25, 0.3) is 0 Å². The van der Waals surface area contributed by atoms with E-state index >= 15 is 0 Å². The number of hydrogen-bond acceptors (Lipinski definition) is 4. The minimum atomic E-state index is -0.192. The van der Waals surface area contributed by atoms with Crippen LogP contribution in [0.2, 0.25) is 0 Å². The van der Waals surface area contributed by atoms with Gasteiger partial charge in [0.1, 0.15) is 5.69 Å². The highest BCUT2D eigenvalue weighted by Gasteiger charge is 2.06. The summed E-state index contributed by atoms with van der Waals surface area (Å²) in [5.74, 6) is -0.192. The third kappa shape index (κ3) is 4.86. The Labute approximate surface area is 130 Å². The second kappa shape index (κ2) is 8.14. The van der Waals surface area contributed by atoms with E-state index in [1.165, 1.54) is 11.1 Å². The Kier molecular flexibility index (Phi) is 5.91. The topological polar surface area (TPSA) is 63.2 Å². The summed E-state index contributed by atoms with van der Waals surface area (Å²) in [4.78, 5) is 16.0. The minimum Gasteiger partial charge on any atom is -0.383 e. The van der Waals surface area contributed by atoms with Crippen molar-refractivity contribution in [3.63, 3.8) is 0 Å². The molecule has 116 valence electrons. The van der Waals surface area contributed by atoms with Gasteiger partial charge in [0, 0.05) is 20.2 Å². The number of ether oxygens (including phenoxy) is 1. The SMILES string of the molecule is COCCNC(=O)c1ccc(NCc2cccc(C)c2)cn1. The van der Waals surface area contributed by atoms with Crippen LogP contribution < -0.4 is 10.6 Å². The Morgan fingerprint density at radius 1 is 1.27 bits per heavy atom. The first kappa shape index (κ1) is 16.0. The molecule has 1 aromatic heterocycles. The minimum absolute atomic E-state index is 0.192. The van der Waals surface area contributed by atoms with Gasteiger partial charge in [-0.2, -0.15) is 0 Å². The highest BCUT2D eigenvalue weighted by Crippen LogP contribution is 2.10. The van der Waals surface area contributed by atoms with Gasteiger partial charge in [0.25, 0.3) is 5.91 Å². The van der Waals surface area contributed by atoms with E-state index in [2.05, 4.69) is 40.7 Å². The molecule has 0 radical (unpaired) electrons. The quantitative estimate of drug-likeness (QED) is 0.771. The molecule has 0 aliphatic carbocycles. The van der Waals surface area contributed by atoms with Crippen molar-refractivity contribution < 1.29 is 9.53 Å². The number of aromatic nitrogens is 1. The van der Waals surface area contributed by atoms with Crippen LogP contribution in [-0.2, 0) is 11.3 Å². The van der Waals surface area contributed by atoms with Crippen molar-refractivity contribution in [3.8, 4) is 0 Å². The predicted octanol–water partition coefficient (Wildman–Crippen LogP) is 2.38. The van der Waals surface area contributed by atoms with Gasteiger partial charge < -0.3 is 15.4 Å². The van der Waals surface area contributed by atoms with Gasteiger partial charge >= 0.3 is 0 Å². The van der Waals surface area contributed by atoms with Crippen molar-refractivity contribution in [3.05, 3.63) is 59.4 Å². The van der Waals surface area contributed by atoms with Crippen molar-refractivity contribution in [2.75, 3.05) is 25.6 Å². The molecule has 0 fully saturated rings. The van der Waals surface area contributed by atoms with Crippen LogP contribution in [0, 0.1) is 6.92 Å². The van der Waals surface area contributed by atoms with Gasteiger partial charge in [0.15, 0.2) is 0 Å². The van der Waals surface area contributed by atoms with Crippen molar-refractivity contribution in [1.82, 2.24) is 10.3 Å². The Balaban J connectivity index is 1.87. The van der Waals surface area contributed by atoms with E-state index < -0.39 is 0 Å². The summed E-state index contributed by atoms with van der Waals surface area (Å²) in [5.41, 5.74) is 3.73. The maximum Gasteiger partial charge on any atom is 0.269 e. The van der Waals surface area contributed by atoms with Gasteiger partial charge in [0.05, 0.1) is 18.5 Å². The Bertz CT molecular complexity index is 612. The smallest absolute Gasteiger partial charge is 0.269 e. The Morgan fingerprint density at radius 2 is 2.14 bits per heavy atom. The fourth-order valence-corrected chi connectivity index (χ4v) is 2.02. The molecule has 0 unspecified atom stereocenters. The number of aryl methyl sites for hydroxylation is 1. The van der Waals surface area contributed by atoms with E-state index in [1.807, 2.05) is 12.1 Å². The van der Waals surface area contributed by atoms with Gasteiger partial charge in [0.2, 0.25) is 0 Å². The van der Waals surface area contributed by atoms with Gasteiger partial charge in [-0.25, -0.2) is 4.98 Å². The molecule has 0 saturated heterocycles. The number of carbonyl (C=O) groups excluding carboxylic acids is 1. The van der Waals surface area contributed by atoms with Crippen molar-refractivity contribution in [1.29, 1.82) is 0 Å². The average molecular weight is 299 g/mol. The first-order chi connectivity index (χ1) is 10.7. The molecule has 0 atom stereocenters. The fourth-order valence-electron chi connectivity index (χ4n) is 2.02. The molecule has 1 heterocycles. The van der Waals surface area contributed by atoms with Crippen LogP contribution in [0.3, 0.4) is 0 Å². The molecule has 22 heavy (non-hydrogen) atoms. The summed E-state index contributed by atoms with van der Waals surface area (Å²) in [6.45, 7) is 3.76. The number of hydrogen-bond donors (Lipinski definition) is 2. The molecule has 0 bridgehead atoms. The lowest BCUT2D eigenvalue weighted by molar-refractivity contribution is 0.0932. The molecule has 0 saturated carbocycles. The van der Waals surface area contributed by atoms with E-state index in [0.29, 0.717) is 18.8 Å². The summed E-state index contributed by atoms with van der Waals surface area (Å²) < 4.78 is 4.88. The third-order valence-corrected chi connectivity index (χ3v) is 3.17. The molecule has 0 spiro atoms. The largest absolute Gasteiger partial charge is 0.383 e. The molecule has 5 heteroatoms. The highest BCUT2D eigenvalue weighted by molar-refractivity contribution is 5.92. The van der Waals surface area contributed by atoms with Crippen LogP contribution in [-0.4, -0.2) is 31.2 Å². The highest BCUT2D eigenvalue weighted by atomic mass is 16.5. The number of methoxy groups -OCH3 is 1. The van der Waals surface area contributed by atoms with E-state index in [0.717, 1.165) is 12.2 Å². The second-order valence-electron chi connectivity index (χ2n) is 5.02. The summed E-state index contributed by atoms with van der Waals surface area (Å²) in [5, 5.41) is 6.03. The molecule has 1 amide bonds. The molecular formula is C17H21N3O2. The Hall–Kier alpha value is -2.40. The van der Waals surface area contributed by atoms with Gasteiger partial charge in [-0.05, 0) is 24.6 Å². The maximum atomic E-state index is 11.8. The van der Waals surface area contributed by atoms with E-state index in [1.54, 1.807) is 19.4 Å². The number of nitrogens with one attached hydrogen (secondary N) is 2. The number of benzene rings is 1. The van der Waals surface area contributed by atoms with E-state index in [9.17, 15) is 4.79 Å². The molecule has 0 aliphatic rings. The van der Waals surface area contributed by atoms with Crippen LogP contribution in [0.5, 0.6) is 0 Å². The molecule has 1 aromatic carbocycles. The lowest BCUT2D eigenvalue weighted by Crippen LogP contribution is -2.27. The first-order valence-corrected chi connectivity index (χ1v) is 7.21. The van der Waals surface area contributed by atoms with E-state index in [-0.39, 0.29) is 5.91 Å². The van der Waals surface area contributed by atoms with Crippen molar-refractivity contribution in [2.24, 2.45) is 0 Å². The van der Waals surface area contributed by atoms with Crippen molar-refractivity contribution >= 4 is 11.6 Å². The monoisotopic (exact) mass is 299 g/mol. The zero-order valence-electron chi connectivity index (χ0n) is 12.9. The van der Waals surface area contributed by atoms with Gasteiger partial charge in [-0.1, -0.05) is 29.8 Å². The third-order valence-electron chi connectivity index (χ3n) is 3.17. The van der Waals surface area contributed by atoms with Crippen molar-refractivity contribution in [2.45, 2.75) is 13.5 Å². The van der Waals surface area contributed by atoms with Gasteiger partial charge in [-0.3, -0.25) is 4.79 Å². The lowest BCUT2D eigenvalue weighted by Gasteiger charge is -2.08. The molecule has 2 rings (SSSR count). The summed E-state index contributed by atoms with van der Waals surface area (Å²) >= 11 is 0. The number of pyridine rings is 1. The van der Waals surface area contributed by atoms with Crippen LogP contribution in [0.1, 0.15) is 21.6 Å². The molecular weight excluding hydrogens is 278 g/mol. The fraction of sp³-hybridized carbons (Fsp3) is 0.294.